The summed E-state index contributed by atoms with van der Waals surface area (Å²) in [5.41, 5.74) is 0.180. The summed E-state index contributed by atoms with van der Waals surface area (Å²) in [6.07, 6.45) is 1.39. The van der Waals surface area contributed by atoms with E-state index < -0.39 is 11.6 Å². The van der Waals surface area contributed by atoms with Crippen molar-refractivity contribution in [3.05, 3.63) is 35.4 Å². The van der Waals surface area contributed by atoms with Crippen molar-refractivity contribution in [1.82, 2.24) is 5.32 Å². The van der Waals surface area contributed by atoms with Gasteiger partial charge in [0.15, 0.2) is 0 Å². The highest BCUT2D eigenvalue weighted by molar-refractivity contribution is 5.22. The molecule has 100 valence electrons. The number of morpholine rings is 1. The van der Waals surface area contributed by atoms with Gasteiger partial charge in [-0.1, -0.05) is 19.9 Å². The van der Waals surface area contributed by atoms with Crippen molar-refractivity contribution < 1.29 is 13.5 Å². The molecule has 1 unspecified atom stereocenters. The van der Waals surface area contributed by atoms with Crippen molar-refractivity contribution in [2.24, 2.45) is 0 Å². The standard InChI is InChI=1S/C14H19F2NO/c1-3-14(4-2)9-17-8-13(18-14)11-6-5-10(15)7-12(11)16/h5-7,13,17H,3-4,8-9H2,1-2H3. The van der Waals surface area contributed by atoms with Gasteiger partial charge < -0.3 is 10.1 Å². The number of nitrogens with one attached hydrogen (secondary N) is 1. The number of ether oxygens (including phenoxy) is 1. The molecule has 0 aromatic heterocycles. The summed E-state index contributed by atoms with van der Waals surface area (Å²) in [5, 5.41) is 3.28. The zero-order valence-corrected chi connectivity index (χ0v) is 10.8. The first-order valence-corrected chi connectivity index (χ1v) is 6.43. The predicted molar refractivity (Wildman–Crippen MR) is 66.4 cm³/mol. The molecule has 18 heavy (non-hydrogen) atoms. The van der Waals surface area contributed by atoms with E-state index in [0.29, 0.717) is 12.1 Å². The van der Waals surface area contributed by atoms with Gasteiger partial charge in [0.1, 0.15) is 11.6 Å². The average molecular weight is 255 g/mol. The fourth-order valence-electron chi connectivity index (χ4n) is 2.42. The molecule has 1 fully saturated rings. The Kier molecular flexibility index (Phi) is 3.97. The summed E-state index contributed by atoms with van der Waals surface area (Å²) in [4.78, 5) is 0. The summed E-state index contributed by atoms with van der Waals surface area (Å²) >= 11 is 0. The van der Waals surface area contributed by atoms with E-state index in [1.165, 1.54) is 12.1 Å². The van der Waals surface area contributed by atoms with Gasteiger partial charge in [-0.05, 0) is 18.9 Å². The van der Waals surface area contributed by atoms with Gasteiger partial charge in [-0.3, -0.25) is 0 Å². The van der Waals surface area contributed by atoms with E-state index in [1.807, 2.05) is 0 Å². The van der Waals surface area contributed by atoms with Crippen LogP contribution < -0.4 is 5.32 Å². The molecule has 0 aliphatic carbocycles. The maximum Gasteiger partial charge on any atom is 0.131 e. The Morgan fingerprint density at radius 3 is 2.67 bits per heavy atom. The van der Waals surface area contributed by atoms with E-state index in [2.05, 4.69) is 19.2 Å². The first-order valence-electron chi connectivity index (χ1n) is 6.43. The highest BCUT2D eigenvalue weighted by Crippen LogP contribution is 2.32. The minimum atomic E-state index is -0.558. The van der Waals surface area contributed by atoms with E-state index in [4.69, 9.17) is 4.74 Å². The van der Waals surface area contributed by atoms with Crippen LogP contribution in [0.1, 0.15) is 38.4 Å². The zero-order chi connectivity index (χ0) is 13.2. The summed E-state index contributed by atoms with van der Waals surface area (Å²) in [6, 6.07) is 3.65. The van der Waals surface area contributed by atoms with Crippen molar-refractivity contribution in [3.8, 4) is 0 Å². The van der Waals surface area contributed by atoms with Crippen LogP contribution in [0.25, 0.3) is 0 Å². The third-order valence-electron chi connectivity index (χ3n) is 3.77. The topological polar surface area (TPSA) is 21.3 Å². The second kappa shape index (κ2) is 5.33. The molecule has 2 rings (SSSR count). The predicted octanol–water partition coefficient (Wildman–Crippen LogP) is 3.18. The van der Waals surface area contributed by atoms with Gasteiger partial charge in [0.2, 0.25) is 0 Å². The molecule has 1 N–H and O–H groups in total. The van der Waals surface area contributed by atoms with E-state index in [1.54, 1.807) is 0 Å². The molecular weight excluding hydrogens is 236 g/mol. The Morgan fingerprint density at radius 2 is 2.06 bits per heavy atom. The Hall–Kier alpha value is -1.00. The van der Waals surface area contributed by atoms with Gasteiger partial charge in [-0.15, -0.1) is 0 Å². The summed E-state index contributed by atoms with van der Waals surface area (Å²) in [6.45, 7) is 5.47. The molecule has 0 radical (unpaired) electrons. The average Bonchev–Trinajstić information content (AvgIpc) is 2.38. The lowest BCUT2D eigenvalue weighted by Crippen LogP contribution is -2.50. The molecule has 4 heteroatoms. The van der Waals surface area contributed by atoms with Crippen molar-refractivity contribution in [1.29, 1.82) is 0 Å². The van der Waals surface area contributed by atoms with Crippen LogP contribution in [0, 0.1) is 11.6 Å². The van der Waals surface area contributed by atoms with Gasteiger partial charge in [-0.2, -0.15) is 0 Å². The maximum absolute atomic E-state index is 13.7. The van der Waals surface area contributed by atoms with Gasteiger partial charge in [0.05, 0.1) is 11.7 Å². The van der Waals surface area contributed by atoms with Crippen LogP contribution in [0.4, 0.5) is 8.78 Å². The minimum Gasteiger partial charge on any atom is -0.364 e. The molecule has 0 amide bonds. The van der Waals surface area contributed by atoms with Gasteiger partial charge in [0.25, 0.3) is 0 Å². The van der Waals surface area contributed by atoms with Crippen molar-refractivity contribution in [2.45, 2.75) is 38.4 Å². The van der Waals surface area contributed by atoms with Gasteiger partial charge >= 0.3 is 0 Å². The van der Waals surface area contributed by atoms with E-state index in [0.717, 1.165) is 25.5 Å². The van der Waals surface area contributed by atoms with Crippen molar-refractivity contribution in [3.63, 3.8) is 0 Å². The summed E-state index contributed by atoms with van der Waals surface area (Å²) < 4.78 is 32.7. The normalized spacial score (nSPS) is 23.0. The van der Waals surface area contributed by atoms with Crippen LogP contribution in [0.5, 0.6) is 0 Å². The molecule has 1 saturated heterocycles. The first kappa shape index (κ1) is 13.4. The Morgan fingerprint density at radius 1 is 1.33 bits per heavy atom. The Labute approximate surface area is 106 Å². The fourth-order valence-corrected chi connectivity index (χ4v) is 2.42. The van der Waals surface area contributed by atoms with Crippen LogP contribution in [0.3, 0.4) is 0 Å². The maximum atomic E-state index is 13.7. The first-order chi connectivity index (χ1) is 8.60. The summed E-state index contributed by atoms with van der Waals surface area (Å²) in [7, 11) is 0. The van der Waals surface area contributed by atoms with Crippen molar-refractivity contribution in [2.75, 3.05) is 13.1 Å². The lowest BCUT2D eigenvalue weighted by molar-refractivity contribution is -0.123. The minimum absolute atomic E-state index is 0.246. The van der Waals surface area contributed by atoms with Gasteiger partial charge in [0, 0.05) is 24.7 Å². The quantitative estimate of drug-likeness (QED) is 0.895. The molecule has 1 heterocycles. The Bertz CT molecular complexity index is 418. The molecule has 0 saturated carbocycles. The van der Waals surface area contributed by atoms with Crippen LogP contribution in [0.15, 0.2) is 18.2 Å². The number of hydrogen-bond donors (Lipinski definition) is 1. The second-order valence-electron chi connectivity index (χ2n) is 4.79. The third kappa shape index (κ3) is 2.54. The largest absolute Gasteiger partial charge is 0.364 e. The molecule has 1 atom stereocenters. The highest BCUT2D eigenvalue weighted by atomic mass is 19.1. The number of halogens is 2. The molecule has 1 aromatic rings. The third-order valence-corrected chi connectivity index (χ3v) is 3.77. The second-order valence-corrected chi connectivity index (χ2v) is 4.79. The number of rotatable bonds is 3. The van der Waals surface area contributed by atoms with E-state index >= 15 is 0 Å². The van der Waals surface area contributed by atoms with E-state index in [9.17, 15) is 8.78 Å². The zero-order valence-electron chi connectivity index (χ0n) is 10.8. The van der Waals surface area contributed by atoms with Crippen LogP contribution >= 0.6 is 0 Å². The van der Waals surface area contributed by atoms with Gasteiger partial charge in [-0.25, -0.2) is 8.78 Å². The SMILES string of the molecule is CCC1(CC)CNCC(c2ccc(F)cc2F)O1. The molecule has 1 aliphatic heterocycles. The smallest absolute Gasteiger partial charge is 0.131 e. The number of hydrogen-bond acceptors (Lipinski definition) is 2. The lowest BCUT2D eigenvalue weighted by atomic mass is 9.93. The number of benzene rings is 1. The van der Waals surface area contributed by atoms with Crippen LogP contribution in [-0.2, 0) is 4.74 Å². The van der Waals surface area contributed by atoms with Crippen LogP contribution in [0.2, 0.25) is 0 Å². The summed E-state index contributed by atoms with van der Waals surface area (Å²) in [5.74, 6) is -1.10. The fraction of sp³-hybridized carbons (Fsp3) is 0.571. The Balaban J connectivity index is 2.23. The monoisotopic (exact) mass is 255 g/mol. The van der Waals surface area contributed by atoms with Crippen LogP contribution in [-0.4, -0.2) is 18.7 Å². The van der Waals surface area contributed by atoms with Crippen molar-refractivity contribution >= 4 is 0 Å². The van der Waals surface area contributed by atoms with E-state index in [-0.39, 0.29) is 11.7 Å². The molecule has 2 nitrogen and oxygen atoms in total. The lowest BCUT2D eigenvalue weighted by Gasteiger charge is -2.41. The highest BCUT2D eigenvalue weighted by Gasteiger charge is 2.35. The molecule has 0 spiro atoms. The molecule has 1 aliphatic rings. The molecule has 0 bridgehead atoms. The molecular formula is C14H19F2NO. The molecule has 1 aromatic carbocycles.